The summed E-state index contributed by atoms with van der Waals surface area (Å²) >= 11 is 0. The number of nitrogens with zero attached hydrogens (tertiary/aromatic N) is 1. The third kappa shape index (κ3) is 9.50. The van der Waals surface area contributed by atoms with Gasteiger partial charge in [0.25, 0.3) is 5.69 Å². The van der Waals surface area contributed by atoms with Crippen LogP contribution in [0.2, 0.25) is 0 Å². The maximum atomic E-state index is 13.4. The van der Waals surface area contributed by atoms with Gasteiger partial charge in [0.05, 0.1) is 25.2 Å². The van der Waals surface area contributed by atoms with E-state index in [0.29, 0.717) is 48.9 Å². The zero-order chi connectivity index (χ0) is 24.1. The first-order valence-electron chi connectivity index (χ1n) is 9.78. The van der Waals surface area contributed by atoms with Crippen LogP contribution in [0, 0.1) is 21.7 Å². The summed E-state index contributed by atoms with van der Waals surface area (Å²) in [5.74, 6) is -1.57. The molecular formula is C22H26F2N2O6. The number of methoxy groups -OCH3 is 2. The molecule has 0 aliphatic carbocycles. The molecule has 0 atom stereocenters. The Morgan fingerprint density at radius 2 is 1.38 bits per heavy atom. The van der Waals surface area contributed by atoms with Gasteiger partial charge in [-0.3, -0.25) is 19.7 Å². The number of non-ortho nitro benzene ring substituents is 1. The van der Waals surface area contributed by atoms with Crippen LogP contribution >= 0.6 is 0 Å². The molecule has 0 bridgehead atoms. The predicted octanol–water partition coefficient (Wildman–Crippen LogP) is 4.13. The van der Waals surface area contributed by atoms with Crippen molar-refractivity contribution < 1.29 is 32.8 Å². The van der Waals surface area contributed by atoms with E-state index in [-0.39, 0.29) is 29.9 Å². The normalized spacial score (nSPS) is 10.0. The third-order valence-corrected chi connectivity index (χ3v) is 4.43. The van der Waals surface area contributed by atoms with E-state index < -0.39 is 10.7 Å². The number of anilines is 1. The van der Waals surface area contributed by atoms with Crippen molar-refractivity contribution in [1.82, 2.24) is 0 Å². The number of hydrogen-bond donors (Lipinski definition) is 1. The number of aryl methyl sites for hydroxylation is 2. The largest absolute Gasteiger partial charge is 0.469 e. The number of nitro benzene ring substituents is 1. The van der Waals surface area contributed by atoms with Crippen LogP contribution in [0.5, 0.6) is 0 Å². The first-order chi connectivity index (χ1) is 15.2. The van der Waals surface area contributed by atoms with Gasteiger partial charge in [-0.05, 0) is 55.0 Å². The van der Waals surface area contributed by atoms with Gasteiger partial charge < -0.3 is 15.2 Å². The third-order valence-electron chi connectivity index (χ3n) is 4.43. The van der Waals surface area contributed by atoms with Gasteiger partial charge in [-0.1, -0.05) is 6.07 Å². The number of hydrogen-bond acceptors (Lipinski definition) is 7. The molecule has 8 nitrogen and oxygen atoms in total. The Hall–Kier alpha value is -3.56. The van der Waals surface area contributed by atoms with Crippen LogP contribution in [0.3, 0.4) is 0 Å². The summed E-state index contributed by atoms with van der Waals surface area (Å²) in [7, 11) is 2.63. The van der Waals surface area contributed by atoms with Gasteiger partial charge >= 0.3 is 11.9 Å². The van der Waals surface area contributed by atoms with Crippen molar-refractivity contribution in [3.05, 3.63) is 69.3 Å². The summed E-state index contributed by atoms with van der Waals surface area (Å²) in [5.41, 5.74) is 6.48. The predicted molar refractivity (Wildman–Crippen MR) is 114 cm³/mol. The molecule has 174 valence electrons. The highest BCUT2D eigenvalue weighted by molar-refractivity contribution is 5.69. The number of rotatable bonds is 9. The van der Waals surface area contributed by atoms with Gasteiger partial charge in [0.1, 0.15) is 11.6 Å². The summed E-state index contributed by atoms with van der Waals surface area (Å²) in [6.07, 6.45) is 2.39. The summed E-state index contributed by atoms with van der Waals surface area (Å²) in [4.78, 5) is 31.4. The molecule has 0 saturated carbocycles. The molecule has 0 heterocycles. The molecule has 0 aliphatic heterocycles. The van der Waals surface area contributed by atoms with E-state index >= 15 is 0 Å². The molecule has 2 N–H and O–H groups in total. The Labute approximate surface area is 184 Å². The van der Waals surface area contributed by atoms with Gasteiger partial charge in [0.15, 0.2) is 0 Å². The fourth-order valence-corrected chi connectivity index (χ4v) is 2.67. The lowest BCUT2D eigenvalue weighted by Crippen LogP contribution is -2.01. The molecule has 2 rings (SSSR count). The molecule has 0 fully saturated rings. The fourth-order valence-electron chi connectivity index (χ4n) is 2.67. The summed E-state index contributed by atoms with van der Waals surface area (Å²) in [6, 6.07) is 8.07. The highest BCUT2D eigenvalue weighted by atomic mass is 19.1. The van der Waals surface area contributed by atoms with E-state index in [1.54, 1.807) is 12.1 Å². The lowest BCUT2D eigenvalue weighted by atomic mass is 10.1. The Kier molecular flexibility index (Phi) is 11.3. The minimum atomic E-state index is -0.651. The van der Waals surface area contributed by atoms with Crippen LogP contribution in [0.1, 0.15) is 36.8 Å². The van der Waals surface area contributed by atoms with Crippen LogP contribution < -0.4 is 5.73 Å². The maximum absolute atomic E-state index is 13.4. The number of nitro groups is 1. The molecule has 2 aromatic rings. The van der Waals surface area contributed by atoms with Crippen LogP contribution in [0.15, 0.2) is 36.4 Å². The smallest absolute Gasteiger partial charge is 0.305 e. The molecule has 2 aromatic carbocycles. The van der Waals surface area contributed by atoms with Gasteiger partial charge in [0.2, 0.25) is 0 Å². The van der Waals surface area contributed by atoms with Crippen molar-refractivity contribution >= 4 is 23.3 Å². The molecule has 0 saturated heterocycles. The number of halogens is 2. The topological polar surface area (TPSA) is 122 Å². The lowest BCUT2D eigenvalue weighted by Gasteiger charge is -2.03. The molecule has 10 heteroatoms. The van der Waals surface area contributed by atoms with Gasteiger partial charge in [0, 0.05) is 24.6 Å². The van der Waals surface area contributed by atoms with Crippen molar-refractivity contribution in [2.75, 3.05) is 20.0 Å². The molecule has 0 unspecified atom stereocenters. The number of nitrogens with two attached hydrogens (primary N) is 1. The molecular weight excluding hydrogens is 426 g/mol. The second kappa shape index (κ2) is 13.7. The quantitative estimate of drug-likeness (QED) is 0.263. The van der Waals surface area contributed by atoms with Gasteiger partial charge in [-0.15, -0.1) is 0 Å². The average Bonchev–Trinajstić information content (AvgIpc) is 2.76. The van der Waals surface area contributed by atoms with Crippen LogP contribution in [-0.2, 0) is 31.9 Å². The number of carbonyl (C=O) groups excluding carboxylic acids is 2. The Balaban J connectivity index is 0.000000323. The average molecular weight is 452 g/mol. The van der Waals surface area contributed by atoms with Crippen molar-refractivity contribution in [2.45, 2.75) is 38.5 Å². The molecule has 0 spiro atoms. The Morgan fingerprint density at radius 1 is 0.906 bits per heavy atom. The fraction of sp³-hybridized carbons (Fsp3) is 0.364. The van der Waals surface area contributed by atoms with E-state index in [1.807, 2.05) is 0 Å². The van der Waals surface area contributed by atoms with Gasteiger partial charge in [-0.25, -0.2) is 8.78 Å². The van der Waals surface area contributed by atoms with E-state index in [4.69, 9.17) is 5.73 Å². The molecule has 32 heavy (non-hydrogen) atoms. The first-order valence-corrected chi connectivity index (χ1v) is 9.78. The minimum absolute atomic E-state index is 0.201. The summed E-state index contributed by atoms with van der Waals surface area (Å²) in [5, 5.41) is 10.4. The second-order valence-electron chi connectivity index (χ2n) is 6.74. The molecule has 0 aromatic heterocycles. The Bertz CT molecular complexity index is 937. The number of nitrogen functional groups attached to an aromatic ring is 1. The molecule has 0 amide bonds. The van der Waals surface area contributed by atoms with Crippen LogP contribution in [-0.4, -0.2) is 31.1 Å². The number of benzene rings is 2. The lowest BCUT2D eigenvalue weighted by molar-refractivity contribution is -0.385. The zero-order valence-electron chi connectivity index (χ0n) is 17.9. The standard InChI is InChI=1S/C11H12FNO4.C11H14FNO2/c1-17-11(14)4-2-3-8-5-6-9(13(15)16)7-10(8)12;1-15-11(14)4-2-3-8-5-6-9(13)7-10(8)12/h5-7H,2-4H2,1H3;5-7H,2-4,13H2,1H3. The summed E-state index contributed by atoms with van der Waals surface area (Å²) < 4.78 is 35.6. The van der Waals surface area contributed by atoms with E-state index in [9.17, 15) is 28.5 Å². The minimum Gasteiger partial charge on any atom is -0.469 e. The van der Waals surface area contributed by atoms with E-state index in [1.165, 1.54) is 32.4 Å². The van der Waals surface area contributed by atoms with E-state index in [0.717, 1.165) is 6.07 Å². The highest BCUT2D eigenvalue weighted by Gasteiger charge is 2.11. The Morgan fingerprint density at radius 3 is 1.78 bits per heavy atom. The van der Waals surface area contributed by atoms with Gasteiger partial charge in [-0.2, -0.15) is 0 Å². The molecule has 0 aliphatic rings. The van der Waals surface area contributed by atoms with Crippen molar-refractivity contribution in [3.63, 3.8) is 0 Å². The maximum Gasteiger partial charge on any atom is 0.305 e. The second-order valence-corrected chi connectivity index (χ2v) is 6.74. The van der Waals surface area contributed by atoms with Crippen molar-refractivity contribution in [2.24, 2.45) is 0 Å². The van der Waals surface area contributed by atoms with E-state index in [2.05, 4.69) is 9.47 Å². The van der Waals surface area contributed by atoms with Crippen LogP contribution in [0.4, 0.5) is 20.2 Å². The number of esters is 2. The van der Waals surface area contributed by atoms with Crippen molar-refractivity contribution in [3.8, 4) is 0 Å². The first kappa shape index (κ1) is 26.5. The number of ether oxygens (including phenoxy) is 2. The highest BCUT2D eigenvalue weighted by Crippen LogP contribution is 2.18. The SMILES string of the molecule is COC(=O)CCCc1ccc(N)cc1F.COC(=O)CCCc1ccc([N+](=O)[O-])cc1F. The molecule has 0 radical (unpaired) electrons. The monoisotopic (exact) mass is 452 g/mol. The number of carbonyl (C=O) groups is 2. The van der Waals surface area contributed by atoms with Crippen LogP contribution in [0.25, 0.3) is 0 Å². The summed E-state index contributed by atoms with van der Waals surface area (Å²) in [6.45, 7) is 0. The zero-order valence-corrected chi connectivity index (χ0v) is 17.9. The van der Waals surface area contributed by atoms with Crippen molar-refractivity contribution in [1.29, 1.82) is 0 Å².